The Labute approximate surface area is 153 Å². The maximum absolute atomic E-state index is 12.3. The summed E-state index contributed by atoms with van der Waals surface area (Å²) in [5.41, 5.74) is 0.885. The second-order valence-electron chi connectivity index (χ2n) is 6.48. The van der Waals surface area contributed by atoms with E-state index in [9.17, 15) is 18.0 Å². The van der Waals surface area contributed by atoms with E-state index in [4.69, 9.17) is 9.88 Å². The van der Waals surface area contributed by atoms with Crippen molar-refractivity contribution in [3.63, 3.8) is 0 Å². The molecule has 0 aliphatic carbocycles. The van der Waals surface area contributed by atoms with Crippen LogP contribution in [0.15, 0.2) is 29.2 Å². The third-order valence-corrected chi connectivity index (χ3v) is 5.36. The quantitative estimate of drug-likeness (QED) is 0.648. The summed E-state index contributed by atoms with van der Waals surface area (Å²) in [6, 6.07) is 6.16. The van der Waals surface area contributed by atoms with Crippen molar-refractivity contribution in [3.8, 4) is 0 Å². The number of hydrogen-bond donors (Lipinski definition) is 2. The molecule has 26 heavy (non-hydrogen) atoms. The molecule has 1 heterocycles. The summed E-state index contributed by atoms with van der Waals surface area (Å²) in [6.07, 6.45) is 0.768. The fourth-order valence-corrected chi connectivity index (χ4v) is 3.50. The average Bonchev–Trinajstić information content (AvgIpc) is 2.97. The van der Waals surface area contributed by atoms with Crippen LogP contribution in [0.25, 0.3) is 0 Å². The lowest BCUT2D eigenvalue weighted by atomic mass is 10.1. The molecule has 0 spiro atoms. The molecule has 1 aromatic rings. The number of rotatable bonds is 8. The number of primary sulfonamides is 1. The first-order chi connectivity index (χ1) is 12.2. The SMILES string of the molecule is COC[C@@H](C)N1C[C@H](C(=O)NCCc2ccc(S(N)(=O)=O)cc2)CC1=O. The van der Waals surface area contributed by atoms with E-state index in [0.29, 0.717) is 26.1 Å². The number of carbonyl (C=O) groups is 2. The zero-order valence-electron chi connectivity index (χ0n) is 15.0. The topological polar surface area (TPSA) is 119 Å². The predicted molar refractivity (Wildman–Crippen MR) is 95.7 cm³/mol. The van der Waals surface area contributed by atoms with Crippen LogP contribution in [-0.4, -0.2) is 58.0 Å². The largest absolute Gasteiger partial charge is 0.383 e. The zero-order chi connectivity index (χ0) is 19.3. The van der Waals surface area contributed by atoms with Gasteiger partial charge in [-0.15, -0.1) is 0 Å². The van der Waals surface area contributed by atoms with E-state index in [1.165, 1.54) is 12.1 Å². The lowest BCUT2D eigenvalue weighted by molar-refractivity contribution is -0.130. The molecule has 0 radical (unpaired) electrons. The van der Waals surface area contributed by atoms with Gasteiger partial charge in [-0.3, -0.25) is 9.59 Å². The van der Waals surface area contributed by atoms with Crippen LogP contribution >= 0.6 is 0 Å². The molecule has 1 aliphatic heterocycles. The lowest BCUT2D eigenvalue weighted by Crippen LogP contribution is -2.39. The van der Waals surface area contributed by atoms with Crippen molar-refractivity contribution in [3.05, 3.63) is 29.8 Å². The van der Waals surface area contributed by atoms with Gasteiger partial charge in [0.1, 0.15) is 0 Å². The maximum Gasteiger partial charge on any atom is 0.238 e. The summed E-state index contributed by atoms with van der Waals surface area (Å²) in [4.78, 5) is 26.1. The highest BCUT2D eigenvalue weighted by atomic mass is 32.2. The normalized spacial score (nSPS) is 18.8. The standard InChI is InChI=1S/C17H25N3O5S/c1-12(11-25-2)20-10-14(9-16(20)21)17(22)19-8-7-13-3-5-15(6-4-13)26(18,23)24/h3-6,12,14H,7-11H2,1-2H3,(H,19,22)(H2,18,23,24)/t12-,14-/m1/s1. The number of hydrogen-bond acceptors (Lipinski definition) is 5. The lowest BCUT2D eigenvalue weighted by Gasteiger charge is -2.23. The van der Waals surface area contributed by atoms with Crippen molar-refractivity contribution in [2.75, 3.05) is 26.8 Å². The summed E-state index contributed by atoms with van der Waals surface area (Å²) in [7, 11) is -2.12. The van der Waals surface area contributed by atoms with E-state index < -0.39 is 10.0 Å². The highest BCUT2D eigenvalue weighted by Gasteiger charge is 2.36. The minimum absolute atomic E-state index is 0.0340. The number of nitrogens with one attached hydrogen (secondary N) is 1. The summed E-state index contributed by atoms with van der Waals surface area (Å²) in [6.45, 7) is 3.14. The van der Waals surface area contributed by atoms with Crippen LogP contribution in [0.5, 0.6) is 0 Å². The number of likely N-dealkylation sites (tertiary alicyclic amines) is 1. The molecule has 9 heteroatoms. The molecule has 8 nitrogen and oxygen atoms in total. The second kappa shape index (κ2) is 8.61. The van der Waals surface area contributed by atoms with Gasteiger partial charge in [-0.2, -0.15) is 0 Å². The maximum atomic E-state index is 12.3. The van der Waals surface area contributed by atoms with Crippen LogP contribution in [0.4, 0.5) is 0 Å². The van der Waals surface area contributed by atoms with Crippen molar-refractivity contribution >= 4 is 21.8 Å². The molecule has 144 valence electrons. The molecule has 2 atom stereocenters. The summed E-state index contributed by atoms with van der Waals surface area (Å²) in [5.74, 6) is -0.536. The second-order valence-corrected chi connectivity index (χ2v) is 8.04. The molecule has 3 N–H and O–H groups in total. The van der Waals surface area contributed by atoms with Crippen LogP contribution in [0.3, 0.4) is 0 Å². The van der Waals surface area contributed by atoms with E-state index in [1.807, 2.05) is 6.92 Å². The molecular formula is C17H25N3O5S. The first-order valence-corrected chi connectivity index (χ1v) is 9.95. The van der Waals surface area contributed by atoms with Gasteiger partial charge in [0.05, 0.1) is 23.5 Å². The zero-order valence-corrected chi connectivity index (χ0v) is 15.8. The van der Waals surface area contributed by atoms with Gasteiger partial charge >= 0.3 is 0 Å². The van der Waals surface area contributed by atoms with E-state index in [1.54, 1.807) is 24.1 Å². The minimum atomic E-state index is -3.70. The van der Waals surface area contributed by atoms with Gasteiger partial charge in [0.2, 0.25) is 21.8 Å². The van der Waals surface area contributed by atoms with Gasteiger partial charge in [-0.05, 0) is 31.0 Å². The Morgan fingerprint density at radius 1 is 1.38 bits per heavy atom. The highest BCUT2D eigenvalue weighted by molar-refractivity contribution is 7.89. The van der Waals surface area contributed by atoms with E-state index >= 15 is 0 Å². The number of ether oxygens (including phenoxy) is 1. The predicted octanol–water partition coefficient (Wildman–Crippen LogP) is -0.124. The van der Waals surface area contributed by atoms with Crippen molar-refractivity contribution in [2.45, 2.75) is 30.7 Å². The first kappa shape index (κ1) is 20.3. The number of sulfonamides is 1. The number of carbonyl (C=O) groups excluding carboxylic acids is 2. The molecule has 0 unspecified atom stereocenters. The van der Waals surface area contributed by atoms with E-state index in [2.05, 4.69) is 5.32 Å². The fourth-order valence-electron chi connectivity index (χ4n) is 2.98. The number of methoxy groups -OCH3 is 1. The Morgan fingerprint density at radius 3 is 2.62 bits per heavy atom. The van der Waals surface area contributed by atoms with Gasteiger partial charge in [-0.25, -0.2) is 13.6 Å². The van der Waals surface area contributed by atoms with Crippen molar-refractivity contribution in [2.24, 2.45) is 11.1 Å². The fraction of sp³-hybridized carbons (Fsp3) is 0.529. The minimum Gasteiger partial charge on any atom is -0.383 e. The molecule has 0 bridgehead atoms. The van der Waals surface area contributed by atoms with Crippen molar-refractivity contribution < 1.29 is 22.7 Å². The molecule has 1 aromatic carbocycles. The molecule has 1 fully saturated rings. The summed E-state index contributed by atoms with van der Waals surface area (Å²) < 4.78 is 27.5. The number of amides is 2. The third kappa shape index (κ3) is 5.26. The van der Waals surface area contributed by atoms with Crippen LogP contribution < -0.4 is 10.5 Å². The van der Waals surface area contributed by atoms with Crippen molar-refractivity contribution in [1.82, 2.24) is 10.2 Å². The average molecular weight is 383 g/mol. The summed E-state index contributed by atoms with van der Waals surface area (Å²) in [5, 5.41) is 7.89. The molecule has 0 aromatic heterocycles. The van der Waals surface area contributed by atoms with Gasteiger partial charge in [-0.1, -0.05) is 12.1 Å². The van der Waals surface area contributed by atoms with Gasteiger partial charge in [0.15, 0.2) is 0 Å². The third-order valence-electron chi connectivity index (χ3n) is 4.43. The van der Waals surface area contributed by atoms with Crippen molar-refractivity contribution in [1.29, 1.82) is 0 Å². The van der Waals surface area contributed by atoms with E-state index in [0.717, 1.165) is 5.56 Å². The molecule has 2 rings (SSSR count). The van der Waals surface area contributed by atoms with Crippen LogP contribution in [0.2, 0.25) is 0 Å². The van der Waals surface area contributed by atoms with Gasteiger partial charge in [0.25, 0.3) is 0 Å². The van der Waals surface area contributed by atoms with Crippen LogP contribution in [-0.2, 0) is 30.8 Å². The molecule has 1 aliphatic rings. The molecule has 2 amide bonds. The van der Waals surface area contributed by atoms with Crippen LogP contribution in [0, 0.1) is 5.92 Å². The van der Waals surface area contributed by atoms with E-state index in [-0.39, 0.29) is 35.1 Å². The number of nitrogens with zero attached hydrogens (tertiary/aromatic N) is 1. The van der Waals surface area contributed by atoms with Gasteiger partial charge < -0.3 is 15.0 Å². The molecular weight excluding hydrogens is 358 g/mol. The van der Waals surface area contributed by atoms with Crippen LogP contribution in [0.1, 0.15) is 18.9 Å². The Morgan fingerprint density at radius 2 is 2.04 bits per heavy atom. The Balaban J connectivity index is 1.81. The smallest absolute Gasteiger partial charge is 0.238 e. The first-order valence-electron chi connectivity index (χ1n) is 8.40. The number of benzene rings is 1. The van der Waals surface area contributed by atoms with Gasteiger partial charge in [0, 0.05) is 26.6 Å². The number of nitrogens with two attached hydrogens (primary N) is 1. The monoisotopic (exact) mass is 383 g/mol. The highest BCUT2D eigenvalue weighted by Crippen LogP contribution is 2.20. The molecule has 1 saturated heterocycles. The summed E-state index contributed by atoms with van der Waals surface area (Å²) >= 11 is 0. The molecule has 0 saturated carbocycles. The Bertz CT molecular complexity index is 748. The Hall–Kier alpha value is -1.97. The Kier molecular flexibility index (Phi) is 6.74.